The molecule has 0 aromatic heterocycles. The predicted octanol–water partition coefficient (Wildman–Crippen LogP) is 6.26. The van der Waals surface area contributed by atoms with Crippen LogP contribution in [0.5, 0.6) is 0 Å². The van der Waals surface area contributed by atoms with Crippen LogP contribution in [0.25, 0.3) is 0 Å². The van der Waals surface area contributed by atoms with Gasteiger partial charge in [-0.3, -0.25) is 0 Å². The largest absolute Gasteiger partial charge is 0.372 e. The maximum atomic E-state index is 6.36. The summed E-state index contributed by atoms with van der Waals surface area (Å²) < 4.78 is 6.36. The van der Waals surface area contributed by atoms with Crippen molar-refractivity contribution in [3.63, 3.8) is 0 Å². The van der Waals surface area contributed by atoms with Crippen LogP contribution < -0.4 is 0 Å². The maximum absolute atomic E-state index is 6.36. The summed E-state index contributed by atoms with van der Waals surface area (Å²) in [5.74, 6) is 0. The number of rotatable bonds is 10. The summed E-state index contributed by atoms with van der Waals surface area (Å²) in [7, 11) is 0. The van der Waals surface area contributed by atoms with Gasteiger partial charge in [0.05, 0.1) is 11.7 Å². The lowest BCUT2D eigenvalue weighted by Gasteiger charge is -2.39. The second-order valence-electron chi connectivity index (χ2n) is 6.74. The summed E-state index contributed by atoms with van der Waals surface area (Å²) in [6.45, 7) is 6.88. The Morgan fingerprint density at radius 3 is 2.32 bits per heavy atom. The molecule has 1 fully saturated rings. The fraction of sp³-hybridized carbons (Fsp3) is 1.00. The molecule has 0 N–H and O–H groups in total. The van der Waals surface area contributed by atoms with Crippen LogP contribution in [0.3, 0.4) is 0 Å². The Morgan fingerprint density at radius 1 is 0.947 bits per heavy atom. The molecule has 0 spiro atoms. The zero-order chi connectivity index (χ0) is 14.0. The Kier molecular flexibility index (Phi) is 8.77. The Bertz CT molecular complexity index is 210. The van der Waals surface area contributed by atoms with E-state index in [2.05, 4.69) is 20.8 Å². The lowest BCUT2D eigenvalue weighted by Crippen LogP contribution is -2.37. The molecule has 0 aliphatic carbocycles. The van der Waals surface area contributed by atoms with E-state index in [-0.39, 0.29) is 5.60 Å². The minimum Gasteiger partial charge on any atom is -0.372 e. The minimum absolute atomic E-state index is 0.193. The molecule has 0 aromatic rings. The van der Waals surface area contributed by atoms with Gasteiger partial charge in [0.15, 0.2) is 0 Å². The summed E-state index contributed by atoms with van der Waals surface area (Å²) in [5.41, 5.74) is 0.193. The van der Waals surface area contributed by atoms with Gasteiger partial charge < -0.3 is 4.74 Å². The summed E-state index contributed by atoms with van der Waals surface area (Å²) in [6, 6.07) is 0. The van der Waals surface area contributed by atoms with Crippen molar-refractivity contribution in [3.05, 3.63) is 0 Å². The molecule has 0 amide bonds. The van der Waals surface area contributed by atoms with E-state index in [4.69, 9.17) is 4.74 Å². The van der Waals surface area contributed by atoms with Crippen molar-refractivity contribution in [2.24, 2.45) is 0 Å². The predicted molar refractivity (Wildman–Crippen MR) is 84.6 cm³/mol. The summed E-state index contributed by atoms with van der Waals surface area (Å²) in [4.78, 5) is 0. The van der Waals surface area contributed by atoms with Crippen LogP contribution in [-0.4, -0.2) is 11.7 Å². The van der Waals surface area contributed by atoms with E-state index in [1.807, 2.05) is 0 Å². The first-order chi connectivity index (χ1) is 9.20. The average Bonchev–Trinajstić information content (AvgIpc) is 2.38. The van der Waals surface area contributed by atoms with Gasteiger partial charge in [0.1, 0.15) is 0 Å². The quantitative estimate of drug-likeness (QED) is 0.425. The highest BCUT2D eigenvalue weighted by Gasteiger charge is 2.31. The van der Waals surface area contributed by atoms with E-state index in [1.165, 1.54) is 83.5 Å². The van der Waals surface area contributed by atoms with Gasteiger partial charge in [0.25, 0.3) is 0 Å². The second kappa shape index (κ2) is 9.80. The molecule has 1 heterocycles. The Hall–Kier alpha value is -0.0400. The van der Waals surface area contributed by atoms with Crippen molar-refractivity contribution in [2.75, 3.05) is 0 Å². The number of ether oxygens (including phenoxy) is 1. The zero-order valence-corrected chi connectivity index (χ0v) is 13.7. The third-order valence-electron chi connectivity index (χ3n) is 4.59. The zero-order valence-electron chi connectivity index (χ0n) is 13.7. The second-order valence-corrected chi connectivity index (χ2v) is 6.74. The molecule has 0 saturated carbocycles. The minimum atomic E-state index is 0.193. The van der Waals surface area contributed by atoms with Crippen molar-refractivity contribution in [2.45, 2.75) is 116 Å². The first-order valence-electron chi connectivity index (χ1n) is 8.88. The van der Waals surface area contributed by atoms with Gasteiger partial charge >= 0.3 is 0 Å². The molecular formula is C18H36O. The number of hydrogen-bond donors (Lipinski definition) is 0. The molecular weight excluding hydrogens is 232 g/mol. The SMILES string of the molecule is CCCCCCCCCC1CCCC(C)(CCC)O1. The van der Waals surface area contributed by atoms with Gasteiger partial charge in [0, 0.05) is 0 Å². The topological polar surface area (TPSA) is 9.23 Å². The molecule has 1 nitrogen and oxygen atoms in total. The van der Waals surface area contributed by atoms with Crippen LogP contribution in [0.4, 0.5) is 0 Å². The molecule has 1 heteroatoms. The van der Waals surface area contributed by atoms with Gasteiger partial charge in [0.2, 0.25) is 0 Å². The van der Waals surface area contributed by atoms with Crippen LogP contribution >= 0.6 is 0 Å². The fourth-order valence-electron chi connectivity index (χ4n) is 3.47. The summed E-state index contributed by atoms with van der Waals surface area (Å²) in [5, 5.41) is 0. The highest BCUT2D eigenvalue weighted by atomic mass is 16.5. The van der Waals surface area contributed by atoms with E-state index < -0.39 is 0 Å². The average molecular weight is 268 g/mol. The molecule has 2 atom stereocenters. The van der Waals surface area contributed by atoms with Crippen molar-refractivity contribution < 1.29 is 4.74 Å². The molecule has 0 bridgehead atoms. The summed E-state index contributed by atoms with van der Waals surface area (Å²) >= 11 is 0. The highest BCUT2D eigenvalue weighted by Crippen LogP contribution is 2.34. The molecule has 2 unspecified atom stereocenters. The third-order valence-corrected chi connectivity index (χ3v) is 4.59. The smallest absolute Gasteiger partial charge is 0.0658 e. The molecule has 1 aliphatic heterocycles. The molecule has 1 rings (SSSR count). The van der Waals surface area contributed by atoms with Crippen LogP contribution in [0.2, 0.25) is 0 Å². The van der Waals surface area contributed by atoms with Gasteiger partial charge in [-0.2, -0.15) is 0 Å². The molecule has 0 radical (unpaired) electrons. The van der Waals surface area contributed by atoms with Gasteiger partial charge in [-0.05, 0) is 39.0 Å². The van der Waals surface area contributed by atoms with Crippen LogP contribution in [-0.2, 0) is 4.74 Å². The Labute approximate surface area is 121 Å². The van der Waals surface area contributed by atoms with Gasteiger partial charge in [-0.15, -0.1) is 0 Å². The van der Waals surface area contributed by atoms with Crippen LogP contribution in [0.15, 0.2) is 0 Å². The first-order valence-corrected chi connectivity index (χ1v) is 8.88. The number of hydrogen-bond acceptors (Lipinski definition) is 1. The highest BCUT2D eigenvalue weighted by molar-refractivity contribution is 4.81. The fourth-order valence-corrected chi connectivity index (χ4v) is 3.47. The first kappa shape index (κ1) is 17.0. The van der Waals surface area contributed by atoms with Crippen LogP contribution in [0.1, 0.15) is 104 Å². The Morgan fingerprint density at radius 2 is 1.63 bits per heavy atom. The normalized spacial score (nSPS) is 27.6. The number of unbranched alkanes of at least 4 members (excludes halogenated alkanes) is 6. The molecule has 0 aromatic carbocycles. The van der Waals surface area contributed by atoms with Crippen molar-refractivity contribution in [1.82, 2.24) is 0 Å². The van der Waals surface area contributed by atoms with E-state index in [0.717, 1.165) is 0 Å². The van der Waals surface area contributed by atoms with E-state index in [1.54, 1.807) is 0 Å². The monoisotopic (exact) mass is 268 g/mol. The van der Waals surface area contributed by atoms with E-state index in [0.29, 0.717) is 6.10 Å². The lowest BCUT2D eigenvalue weighted by molar-refractivity contribution is -0.124. The standard InChI is InChI=1S/C18H36O/c1-4-6-7-8-9-10-11-13-17-14-12-16-18(3,19-17)15-5-2/h17H,4-16H2,1-3H3. The molecule has 1 saturated heterocycles. The van der Waals surface area contributed by atoms with E-state index >= 15 is 0 Å². The van der Waals surface area contributed by atoms with Crippen molar-refractivity contribution >= 4 is 0 Å². The molecule has 114 valence electrons. The maximum Gasteiger partial charge on any atom is 0.0658 e. The van der Waals surface area contributed by atoms with Gasteiger partial charge in [-0.1, -0.05) is 65.2 Å². The molecule has 1 aliphatic rings. The Balaban J connectivity index is 2.05. The van der Waals surface area contributed by atoms with Crippen LogP contribution in [0, 0.1) is 0 Å². The summed E-state index contributed by atoms with van der Waals surface area (Å²) in [6.07, 6.45) is 18.1. The lowest BCUT2D eigenvalue weighted by atomic mass is 9.88. The van der Waals surface area contributed by atoms with Crippen molar-refractivity contribution in [1.29, 1.82) is 0 Å². The van der Waals surface area contributed by atoms with E-state index in [9.17, 15) is 0 Å². The third kappa shape index (κ3) is 7.34. The molecule has 19 heavy (non-hydrogen) atoms. The van der Waals surface area contributed by atoms with Gasteiger partial charge in [-0.25, -0.2) is 0 Å². The van der Waals surface area contributed by atoms with Crippen molar-refractivity contribution in [3.8, 4) is 0 Å².